The van der Waals surface area contributed by atoms with Gasteiger partial charge in [-0.05, 0) is 57.2 Å². The molecule has 2 aliphatic heterocycles. The Morgan fingerprint density at radius 2 is 1.90 bits per heavy atom. The summed E-state index contributed by atoms with van der Waals surface area (Å²) in [4.78, 5) is 41.9. The number of anilines is 3. The second-order valence-corrected chi connectivity index (χ2v) is 10.3. The highest BCUT2D eigenvalue weighted by molar-refractivity contribution is 5.88. The van der Waals surface area contributed by atoms with E-state index in [0.717, 1.165) is 16.7 Å². The Kier molecular flexibility index (Phi) is 12.5. The SMILES string of the molecule is C1C[C@@H]2CNCC1C2.CCOc1cnc(NC(=O)N(C)C2CN(c3nccc(NC=O)n3)CCC2(F)F)cn1.COC. The van der Waals surface area contributed by atoms with Gasteiger partial charge in [0.05, 0.1) is 19.0 Å². The van der Waals surface area contributed by atoms with Gasteiger partial charge in [0, 0.05) is 47.0 Å². The van der Waals surface area contributed by atoms with Gasteiger partial charge in [-0.25, -0.2) is 28.5 Å². The molecule has 2 aromatic rings. The highest BCUT2D eigenvalue weighted by Crippen LogP contribution is 2.33. The molecule has 13 nitrogen and oxygen atoms in total. The summed E-state index contributed by atoms with van der Waals surface area (Å²) in [5, 5.41) is 8.29. The first-order valence-corrected chi connectivity index (χ1v) is 14.0. The fraction of sp³-hybridized carbons (Fsp3) is 0.630. The molecule has 42 heavy (non-hydrogen) atoms. The van der Waals surface area contributed by atoms with Crippen molar-refractivity contribution in [2.24, 2.45) is 11.8 Å². The number of likely N-dealkylation sites (N-methyl/N-ethyl adjacent to an activating group) is 1. The summed E-state index contributed by atoms with van der Waals surface area (Å²) in [6.07, 6.45) is 8.50. The van der Waals surface area contributed by atoms with E-state index in [1.807, 2.05) is 0 Å². The Balaban J connectivity index is 0.000000365. The molecule has 3 amide bonds. The number of carbonyl (C=O) groups excluding carboxylic acids is 2. The van der Waals surface area contributed by atoms with Crippen LogP contribution in [-0.2, 0) is 9.53 Å². The Bertz CT molecular complexity index is 1120. The molecule has 2 bridgehead atoms. The number of nitrogens with zero attached hydrogens (tertiary/aromatic N) is 6. The summed E-state index contributed by atoms with van der Waals surface area (Å²) >= 11 is 0. The Morgan fingerprint density at radius 3 is 2.50 bits per heavy atom. The molecule has 15 heteroatoms. The summed E-state index contributed by atoms with van der Waals surface area (Å²) < 4.78 is 38.7. The van der Waals surface area contributed by atoms with Crippen LogP contribution in [0, 0.1) is 11.8 Å². The van der Waals surface area contributed by atoms with Crippen molar-refractivity contribution in [1.29, 1.82) is 0 Å². The molecule has 4 heterocycles. The maximum Gasteiger partial charge on any atom is 0.323 e. The summed E-state index contributed by atoms with van der Waals surface area (Å²) in [5.74, 6) is -0.205. The number of halogens is 2. The topological polar surface area (TPSA) is 147 Å². The number of alkyl halides is 2. The van der Waals surface area contributed by atoms with Crippen molar-refractivity contribution < 1.29 is 27.8 Å². The molecule has 0 radical (unpaired) electrons. The van der Waals surface area contributed by atoms with E-state index in [2.05, 4.69) is 40.6 Å². The van der Waals surface area contributed by atoms with Crippen LogP contribution in [0.15, 0.2) is 24.7 Å². The molecule has 0 spiro atoms. The molecule has 232 valence electrons. The molecule has 0 aromatic carbocycles. The van der Waals surface area contributed by atoms with Gasteiger partial charge in [0.25, 0.3) is 5.92 Å². The third kappa shape index (κ3) is 9.41. The second kappa shape index (κ2) is 16.1. The lowest BCUT2D eigenvalue weighted by Crippen LogP contribution is -2.60. The quantitative estimate of drug-likeness (QED) is 0.410. The molecule has 3 fully saturated rings. The van der Waals surface area contributed by atoms with Gasteiger partial charge in [0.2, 0.25) is 18.2 Å². The third-order valence-electron chi connectivity index (χ3n) is 7.19. The van der Waals surface area contributed by atoms with Crippen LogP contribution in [-0.4, -0.2) is 103 Å². The lowest BCUT2D eigenvalue weighted by molar-refractivity contribution is -0.105. The van der Waals surface area contributed by atoms with Crippen LogP contribution in [0.4, 0.5) is 31.2 Å². The van der Waals surface area contributed by atoms with E-state index in [0.29, 0.717) is 13.0 Å². The first-order chi connectivity index (χ1) is 20.2. The van der Waals surface area contributed by atoms with Crippen molar-refractivity contribution in [3.63, 3.8) is 0 Å². The number of urea groups is 1. The van der Waals surface area contributed by atoms with Gasteiger partial charge in [0.1, 0.15) is 11.9 Å². The third-order valence-corrected chi connectivity index (χ3v) is 7.19. The zero-order valence-electron chi connectivity index (χ0n) is 24.6. The summed E-state index contributed by atoms with van der Waals surface area (Å²) in [6, 6.07) is -0.726. The number of hydrogen-bond donors (Lipinski definition) is 3. The van der Waals surface area contributed by atoms with Gasteiger partial charge < -0.3 is 29.9 Å². The van der Waals surface area contributed by atoms with Gasteiger partial charge >= 0.3 is 6.03 Å². The van der Waals surface area contributed by atoms with E-state index < -0.39 is 24.4 Å². The highest BCUT2D eigenvalue weighted by atomic mass is 19.3. The summed E-state index contributed by atoms with van der Waals surface area (Å²) in [5.41, 5.74) is 0. The van der Waals surface area contributed by atoms with Crippen molar-refractivity contribution >= 4 is 30.0 Å². The van der Waals surface area contributed by atoms with E-state index in [1.165, 1.54) is 64.1 Å². The Labute approximate surface area is 244 Å². The molecule has 2 aromatic heterocycles. The maximum absolute atomic E-state index is 14.7. The Hall–Kier alpha value is -3.72. The molecule has 1 saturated carbocycles. The zero-order valence-corrected chi connectivity index (χ0v) is 24.6. The minimum atomic E-state index is -3.12. The van der Waals surface area contributed by atoms with Crippen LogP contribution in [0.3, 0.4) is 0 Å². The smallest absolute Gasteiger partial charge is 0.323 e. The number of fused-ring (bicyclic) bond motifs is 2. The van der Waals surface area contributed by atoms with Crippen LogP contribution in [0.1, 0.15) is 32.6 Å². The lowest BCUT2D eigenvalue weighted by Gasteiger charge is -2.42. The first-order valence-electron chi connectivity index (χ1n) is 14.0. The van der Waals surface area contributed by atoms with E-state index in [1.54, 1.807) is 26.0 Å². The molecular weight excluding hydrogens is 552 g/mol. The van der Waals surface area contributed by atoms with Crippen LogP contribution < -0.4 is 25.6 Å². The molecular formula is C27H41F2N9O4. The fourth-order valence-electron chi connectivity index (χ4n) is 5.10. The summed E-state index contributed by atoms with van der Waals surface area (Å²) in [7, 11) is 4.53. The van der Waals surface area contributed by atoms with Crippen LogP contribution >= 0.6 is 0 Å². The molecule has 3 atom stereocenters. The van der Waals surface area contributed by atoms with Gasteiger partial charge in [-0.2, -0.15) is 4.98 Å². The monoisotopic (exact) mass is 593 g/mol. The molecule has 5 rings (SSSR count). The van der Waals surface area contributed by atoms with Crippen LogP contribution in [0.25, 0.3) is 0 Å². The van der Waals surface area contributed by atoms with Crippen molar-refractivity contribution in [3.8, 4) is 5.88 Å². The van der Waals surface area contributed by atoms with E-state index in [9.17, 15) is 18.4 Å². The number of nitrogens with one attached hydrogen (secondary N) is 3. The number of carbonyl (C=O) groups is 2. The van der Waals surface area contributed by atoms with Crippen molar-refractivity contribution in [1.82, 2.24) is 30.2 Å². The molecule has 2 saturated heterocycles. The maximum atomic E-state index is 14.7. The molecule has 2 unspecified atom stereocenters. The average Bonchev–Trinajstić information content (AvgIpc) is 3.31. The molecule has 1 aliphatic carbocycles. The number of rotatable bonds is 7. The second-order valence-electron chi connectivity index (χ2n) is 10.3. The fourth-order valence-corrected chi connectivity index (χ4v) is 5.10. The standard InChI is InChI=1S/C18H22F2N8O3.C7H13N.C2H6O/c1-3-31-15-9-22-14(8-23-15)26-17(30)27(2)12-10-28(7-5-18(12,19)20)16-21-6-4-13(25-16)24-11-29;1-2-7-3-6(1)4-8-5-7;1-3-2/h4,6,8-9,11-12H,3,5,7,10H2,1-2H3,(H,22,26,30)(H,21,24,25,29);6-8H,1-5H2;1-2H3/t;6-,7?;/m.0./s1. The minimum Gasteiger partial charge on any atom is -0.477 e. The highest BCUT2D eigenvalue weighted by Gasteiger charge is 2.48. The first kappa shape index (κ1) is 32.8. The van der Waals surface area contributed by atoms with Gasteiger partial charge in [-0.3, -0.25) is 10.1 Å². The number of methoxy groups -OCH3 is 1. The normalized spacial score (nSPS) is 22.0. The predicted molar refractivity (Wildman–Crippen MR) is 154 cm³/mol. The Morgan fingerprint density at radius 1 is 1.19 bits per heavy atom. The molecule has 3 N–H and O–H groups in total. The lowest BCUT2D eigenvalue weighted by atomic mass is 10.00. The number of amides is 3. The minimum absolute atomic E-state index is 0.00608. The average molecular weight is 594 g/mol. The molecule has 3 aliphatic rings. The van der Waals surface area contributed by atoms with Gasteiger partial charge in [0.15, 0.2) is 5.82 Å². The van der Waals surface area contributed by atoms with Crippen molar-refractivity contribution in [2.75, 3.05) is 69.6 Å². The zero-order chi connectivity index (χ0) is 30.5. The number of ether oxygens (including phenoxy) is 2. The number of piperidine rings is 2. The number of hydrogen-bond acceptors (Lipinski definition) is 10. The van der Waals surface area contributed by atoms with Gasteiger partial charge in [-0.15, -0.1) is 0 Å². The van der Waals surface area contributed by atoms with E-state index in [-0.39, 0.29) is 36.6 Å². The van der Waals surface area contributed by atoms with Crippen molar-refractivity contribution in [2.45, 2.75) is 44.6 Å². The number of aromatic nitrogens is 4. The van der Waals surface area contributed by atoms with Crippen LogP contribution in [0.5, 0.6) is 5.88 Å². The van der Waals surface area contributed by atoms with E-state index in [4.69, 9.17) is 4.74 Å². The van der Waals surface area contributed by atoms with Crippen LogP contribution in [0.2, 0.25) is 0 Å². The van der Waals surface area contributed by atoms with Gasteiger partial charge in [-0.1, -0.05) is 0 Å². The van der Waals surface area contributed by atoms with E-state index >= 15 is 0 Å². The van der Waals surface area contributed by atoms with Crippen molar-refractivity contribution in [3.05, 3.63) is 24.7 Å². The largest absolute Gasteiger partial charge is 0.477 e. The summed E-state index contributed by atoms with van der Waals surface area (Å²) in [6.45, 7) is 4.60. The predicted octanol–water partition coefficient (Wildman–Crippen LogP) is 2.88.